The monoisotopic (exact) mass is 416 g/mol. The summed E-state index contributed by atoms with van der Waals surface area (Å²) in [6, 6.07) is -4.83. The van der Waals surface area contributed by atoms with E-state index in [0.29, 0.717) is 0 Å². The van der Waals surface area contributed by atoms with E-state index >= 15 is 0 Å². The maximum Gasteiger partial charge on any atom is 0.305 e. The lowest BCUT2D eigenvalue weighted by Gasteiger charge is -2.26. The summed E-state index contributed by atoms with van der Waals surface area (Å²) >= 11 is 0. The van der Waals surface area contributed by atoms with Gasteiger partial charge < -0.3 is 31.9 Å². The summed E-state index contributed by atoms with van der Waals surface area (Å²) in [4.78, 5) is 69.5. The van der Waals surface area contributed by atoms with E-state index in [1.807, 2.05) is 0 Å². The molecule has 4 atom stereocenters. The van der Waals surface area contributed by atoms with Crippen LogP contribution in [0.25, 0.3) is 0 Å². The number of aliphatic carboxylic acids is 2. The van der Waals surface area contributed by atoms with Crippen molar-refractivity contribution in [3.63, 3.8) is 0 Å². The largest absolute Gasteiger partial charge is 0.481 e. The topological polar surface area (TPSA) is 205 Å². The second-order valence-corrected chi connectivity index (χ2v) is 6.93. The van der Waals surface area contributed by atoms with Crippen LogP contribution in [0.1, 0.15) is 40.5 Å². The Balaban J connectivity index is 5.04. The minimum atomic E-state index is -1.35. The summed E-state index contributed by atoms with van der Waals surface area (Å²) in [6.07, 6.45) is -1.22. The Morgan fingerprint density at radius 2 is 1.31 bits per heavy atom. The SMILES string of the molecule is CC(=O)[C@H](CC(=O)O)NC(=O)[C@@H](NC(=O)[C@H](C)NC(=O)[C@@H](N)CC(=O)O)C(C)C. The zero-order chi connectivity index (χ0) is 22.9. The molecular formula is C17H28N4O8. The number of rotatable bonds is 12. The van der Waals surface area contributed by atoms with E-state index in [1.165, 1.54) is 6.92 Å². The molecule has 0 bridgehead atoms. The zero-order valence-electron chi connectivity index (χ0n) is 16.7. The molecule has 0 saturated heterocycles. The Hall–Kier alpha value is -3.02. The molecule has 12 nitrogen and oxygen atoms in total. The highest BCUT2D eigenvalue weighted by molar-refractivity contribution is 5.96. The van der Waals surface area contributed by atoms with Gasteiger partial charge in [0.1, 0.15) is 12.1 Å². The highest BCUT2D eigenvalue weighted by atomic mass is 16.4. The van der Waals surface area contributed by atoms with Crippen molar-refractivity contribution in [2.75, 3.05) is 0 Å². The highest BCUT2D eigenvalue weighted by Crippen LogP contribution is 2.05. The minimum Gasteiger partial charge on any atom is -0.481 e. The van der Waals surface area contributed by atoms with Crippen LogP contribution in [0.2, 0.25) is 0 Å². The average Bonchev–Trinajstić information content (AvgIpc) is 2.56. The summed E-state index contributed by atoms with van der Waals surface area (Å²) in [5.41, 5.74) is 5.42. The first-order chi connectivity index (χ1) is 13.3. The van der Waals surface area contributed by atoms with E-state index in [4.69, 9.17) is 15.9 Å². The van der Waals surface area contributed by atoms with Crippen molar-refractivity contribution in [1.29, 1.82) is 0 Å². The highest BCUT2D eigenvalue weighted by Gasteiger charge is 2.30. The second-order valence-electron chi connectivity index (χ2n) is 6.93. The van der Waals surface area contributed by atoms with Crippen molar-refractivity contribution >= 4 is 35.4 Å². The van der Waals surface area contributed by atoms with Crippen LogP contribution in [0, 0.1) is 5.92 Å². The predicted molar refractivity (Wildman–Crippen MR) is 99.5 cm³/mol. The molecule has 164 valence electrons. The molecule has 0 aliphatic heterocycles. The molecular weight excluding hydrogens is 388 g/mol. The maximum absolute atomic E-state index is 12.4. The van der Waals surface area contributed by atoms with Crippen molar-refractivity contribution in [2.45, 2.75) is 64.7 Å². The van der Waals surface area contributed by atoms with Gasteiger partial charge in [0.2, 0.25) is 17.7 Å². The van der Waals surface area contributed by atoms with E-state index in [2.05, 4.69) is 16.0 Å². The van der Waals surface area contributed by atoms with Gasteiger partial charge >= 0.3 is 11.9 Å². The van der Waals surface area contributed by atoms with Crippen LogP contribution in [-0.2, 0) is 28.8 Å². The van der Waals surface area contributed by atoms with E-state index in [0.717, 1.165) is 6.92 Å². The van der Waals surface area contributed by atoms with Crippen LogP contribution in [0.15, 0.2) is 0 Å². The van der Waals surface area contributed by atoms with Gasteiger partial charge in [-0.2, -0.15) is 0 Å². The van der Waals surface area contributed by atoms with Gasteiger partial charge in [-0.15, -0.1) is 0 Å². The molecule has 0 aromatic rings. The molecule has 0 aromatic heterocycles. The molecule has 29 heavy (non-hydrogen) atoms. The molecule has 0 aromatic carbocycles. The Kier molecular flexibility index (Phi) is 10.5. The summed E-state index contributed by atoms with van der Waals surface area (Å²) in [6.45, 7) is 5.70. The van der Waals surface area contributed by atoms with E-state index in [1.54, 1.807) is 13.8 Å². The van der Waals surface area contributed by atoms with E-state index in [-0.39, 0.29) is 0 Å². The molecule has 12 heteroatoms. The Morgan fingerprint density at radius 1 is 0.793 bits per heavy atom. The third-order valence-corrected chi connectivity index (χ3v) is 3.92. The lowest BCUT2D eigenvalue weighted by atomic mass is 10.0. The number of carbonyl (C=O) groups is 6. The summed E-state index contributed by atoms with van der Waals surface area (Å²) in [7, 11) is 0. The number of carboxylic acid groups (broad SMARTS) is 2. The molecule has 0 aliphatic rings. The Morgan fingerprint density at radius 3 is 1.72 bits per heavy atom. The van der Waals surface area contributed by atoms with Crippen LogP contribution in [-0.4, -0.2) is 69.8 Å². The molecule has 0 fully saturated rings. The van der Waals surface area contributed by atoms with Crippen LogP contribution in [0.5, 0.6) is 0 Å². The number of nitrogens with one attached hydrogen (secondary N) is 3. The number of carbonyl (C=O) groups excluding carboxylic acids is 4. The van der Waals surface area contributed by atoms with Crippen LogP contribution in [0.3, 0.4) is 0 Å². The smallest absolute Gasteiger partial charge is 0.305 e. The number of Topliss-reactive ketones (excluding diaryl/α,β-unsaturated/α-hetero) is 1. The second kappa shape index (κ2) is 11.7. The van der Waals surface area contributed by atoms with Crippen molar-refractivity contribution in [3.8, 4) is 0 Å². The molecule has 0 unspecified atom stereocenters. The number of carboxylic acids is 2. The van der Waals surface area contributed by atoms with Crippen molar-refractivity contribution < 1.29 is 39.0 Å². The quantitative estimate of drug-likeness (QED) is 0.207. The normalized spacial score (nSPS) is 14.8. The van der Waals surface area contributed by atoms with Gasteiger partial charge in [0, 0.05) is 0 Å². The number of nitrogens with two attached hydrogens (primary N) is 1. The third kappa shape index (κ3) is 9.65. The van der Waals surface area contributed by atoms with Crippen LogP contribution < -0.4 is 21.7 Å². The number of hydrogen-bond donors (Lipinski definition) is 6. The van der Waals surface area contributed by atoms with Gasteiger partial charge in [-0.1, -0.05) is 13.8 Å². The lowest BCUT2D eigenvalue weighted by molar-refractivity contribution is -0.141. The van der Waals surface area contributed by atoms with Gasteiger partial charge in [0.25, 0.3) is 0 Å². The van der Waals surface area contributed by atoms with E-state index < -0.39 is 78.4 Å². The van der Waals surface area contributed by atoms with Crippen molar-refractivity contribution in [2.24, 2.45) is 11.7 Å². The molecule has 0 saturated carbocycles. The Labute approximate surface area is 167 Å². The summed E-state index contributed by atoms with van der Waals surface area (Å²) in [5, 5.41) is 24.4. The molecule has 0 heterocycles. The van der Waals surface area contributed by atoms with Gasteiger partial charge in [-0.25, -0.2) is 0 Å². The van der Waals surface area contributed by atoms with Gasteiger partial charge in [-0.3, -0.25) is 28.8 Å². The first-order valence-corrected chi connectivity index (χ1v) is 8.87. The molecule has 0 rings (SSSR count). The zero-order valence-corrected chi connectivity index (χ0v) is 16.7. The fourth-order valence-electron chi connectivity index (χ4n) is 2.21. The van der Waals surface area contributed by atoms with Gasteiger partial charge in [-0.05, 0) is 19.8 Å². The van der Waals surface area contributed by atoms with Gasteiger partial charge in [0.15, 0.2) is 5.78 Å². The standard InChI is InChI=1S/C17H28N4O8/c1-7(2)14(17(29)20-11(9(4)22)6-13(25)26)21-15(27)8(3)19-16(28)10(18)5-12(23)24/h7-8,10-11,14H,5-6,18H2,1-4H3,(H,19,28)(H,20,29)(H,21,27)(H,23,24)(H,25,26)/t8-,10-,11-,14-/m0/s1. The van der Waals surface area contributed by atoms with Crippen molar-refractivity contribution in [1.82, 2.24) is 16.0 Å². The van der Waals surface area contributed by atoms with Gasteiger partial charge in [0.05, 0.1) is 24.9 Å². The first-order valence-electron chi connectivity index (χ1n) is 8.87. The fraction of sp³-hybridized carbons (Fsp3) is 0.647. The van der Waals surface area contributed by atoms with E-state index in [9.17, 15) is 28.8 Å². The predicted octanol–water partition coefficient (Wildman–Crippen LogP) is -2.02. The molecule has 0 aliphatic carbocycles. The number of ketones is 1. The Bertz CT molecular complexity index is 664. The number of hydrogen-bond acceptors (Lipinski definition) is 7. The van der Waals surface area contributed by atoms with Crippen LogP contribution >= 0.6 is 0 Å². The summed E-state index contributed by atoms with van der Waals surface area (Å²) in [5.74, 6) is -5.87. The third-order valence-electron chi connectivity index (χ3n) is 3.92. The molecule has 0 spiro atoms. The lowest BCUT2D eigenvalue weighted by Crippen LogP contribution is -2.57. The fourth-order valence-corrected chi connectivity index (χ4v) is 2.21. The van der Waals surface area contributed by atoms with Crippen LogP contribution in [0.4, 0.5) is 0 Å². The summed E-state index contributed by atoms with van der Waals surface area (Å²) < 4.78 is 0. The maximum atomic E-state index is 12.4. The average molecular weight is 416 g/mol. The molecule has 3 amide bonds. The molecule has 7 N–H and O–H groups in total. The first kappa shape index (κ1) is 26.0. The minimum absolute atomic E-state index is 0.423. The van der Waals surface area contributed by atoms with Crippen molar-refractivity contribution in [3.05, 3.63) is 0 Å². The molecule has 0 radical (unpaired) electrons. The number of amides is 3.